The first-order chi connectivity index (χ1) is 3.72. The molecule has 0 heterocycles. The van der Waals surface area contributed by atoms with Gasteiger partial charge in [0, 0.05) is 0 Å². The molecule has 0 saturated carbocycles. The molecule has 0 fully saturated rings. The van der Waals surface area contributed by atoms with Crippen LogP contribution in [0.5, 0.6) is 0 Å². The second-order valence-electron chi connectivity index (χ2n) is 2.13. The Morgan fingerprint density at radius 2 is 2.00 bits per heavy atom. The van der Waals surface area contributed by atoms with Crippen LogP contribution < -0.4 is 5.32 Å². The van der Waals surface area contributed by atoms with Crippen LogP contribution in [0.15, 0.2) is 0 Å². The fourth-order valence-electron chi connectivity index (χ4n) is 0.528. The standard InChI is InChI=1S/C6H12NO/c1-5(2)6(4-8)7-3/h5-7H,1-3H3/t6-/m1/s1. The van der Waals surface area contributed by atoms with Gasteiger partial charge in [0.2, 0.25) is 6.29 Å². The highest BCUT2D eigenvalue weighted by atomic mass is 16.1. The molecular formula is C6H12NO. The summed E-state index contributed by atoms with van der Waals surface area (Å²) in [7, 11) is 1.76. The number of nitrogens with one attached hydrogen (secondary N) is 1. The Morgan fingerprint density at radius 3 is 2.00 bits per heavy atom. The van der Waals surface area contributed by atoms with Gasteiger partial charge >= 0.3 is 0 Å². The minimum Gasteiger partial charge on any atom is -0.310 e. The number of hydrogen-bond acceptors (Lipinski definition) is 2. The summed E-state index contributed by atoms with van der Waals surface area (Å²) in [5.41, 5.74) is 0. The van der Waals surface area contributed by atoms with Gasteiger partial charge in [-0.25, -0.2) is 0 Å². The van der Waals surface area contributed by atoms with Crippen LogP contribution in [0.2, 0.25) is 0 Å². The van der Waals surface area contributed by atoms with Crippen molar-refractivity contribution in [1.82, 2.24) is 5.32 Å². The van der Waals surface area contributed by atoms with Crippen LogP contribution in [0.3, 0.4) is 0 Å². The quantitative estimate of drug-likeness (QED) is 0.573. The van der Waals surface area contributed by atoms with Gasteiger partial charge in [0.25, 0.3) is 0 Å². The molecule has 0 bridgehead atoms. The van der Waals surface area contributed by atoms with E-state index < -0.39 is 0 Å². The molecule has 2 nitrogen and oxygen atoms in total. The summed E-state index contributed by atoms with van der Waals surface area (Å²) in [6, 6.07) is -0.102. The molecule has 1 atom stereocenters. The highest BCUT2D eigenvalue weighted by Crippen LogP contribution is 1.95. The maximum atomic E-state index is 9.99. The van der Waals surface area contributed by atoms with Gasteiger partial charge in [0.05, 0.1) is 6.04 Å². The average Bonchev–Trinajstić information content (AvgIpc) is 1.69. The predicted octanol–water partition coefficient (Wildman–Crippen LogP) is 0.340. The molecule has 0 spiro atoms. The second kappa shape index (κ2) is 3.61. The van der Waals surface area contributed by atoms with E-state index >= 15 is 0 Å². The normalized spacial score (nSPS) is 14.0. The van der Waals surface area contributed by atoms with E-state index in [1.54, 1.807) is 7.05 Å². The third-order valence-corrected chi connectivity index (χ3v) is 1.10. The molecule has 0 aromatic rings. The number of likely N-dealkylation sites (N-methyl/N-ethyl adjacent to an activating group) is 1. The van der Waals surface area contributed by atoms with Crippen molar-refractivity contribution >= 4 is 6.29 Å². The van der Waals surface area contributed by atoms with E-state index in [0.717, 1.165) is 0 Å². The molecule has 2 heteroatoms. The van der Waals surface area contributed by atoms with E-state index in [1.807, 2.05) is 20.1 Å². The van der Waals surface area contributed by atoms with E-state index in [9.17, 15) is 4.79 Å². The fraction of sp³-hybridized carbons (Fsp3) is 0.833. The van der Waals surface area contributed by atoms with Crippen LogP contribution in [-0.4, -0.2) is 19.4 Å². The summed E-state index contributed by atoms with van der Waals surface area (Å²) < 4.78 is 0. The predicted molar refractivity (Wildman–Crippen MR) is 33.4 cm³/mol. The van der Waals surface area contributed by atoms with Gasteiger partial charge < -0.3 is 5.32 Å². The van der Waals surface area contributed by atoms with Crippen LogP contribution in [-0.2, 0) is 4.79 Å². The van der Waals surface area contributed by atoms with Gasteiger partial charge in [-0.1, -0.05) is 13.8 Å². The Morgan fingerprint density at radius 1 is 1.50 bits per heavy atom. The lowest BCUT2D eigenvalue weighted by Crippen LogP contribution is -2.31. The summed E-state index contributed by atoms with van der Waals surface area (Å²) in [4.78, 5) is 9.99. The Hall–Kier alpha value is -0.370. The molecule has 0 aromatic heterocycles. The average molecular weight is 114 g/mol. The fourth-order valence-corrected chi connectivity index (χ4v) is 0.528. The van der Waals surface area contributed by atoms with E-state index in [4.69, 9.17) is 0 Å². The SMILES string of the molecule is CN[C@H]([C]=O)C(C)C. The van der Waals surface area contributed by atoms with Crippen LogP contribution in [0.25, 0.3) is 0 Å². The van der Waals surface area contributed by atoms with Crippen LogP contribution in [0.1, 0.15) is 13.8 Å². The molecule has 0 aromatic carbocycles. The highest BCUT2D eigenvalue weighted by molar-refractivity contribution is 5.58. The van der Waals surface area contributed by atoms with Crippen molar-refractivity contribution in [3.05, 3.63) is 0 Å². The van der Waals surface area contributed by atoms with Crippen molar-refractivity contribution in [1.29, 1.82) is 0 Å². The summed E-state index contributed by atoms with van der Waals surface area (Å²) in [5, 5.41) is 2.83. The zero-order valence-corrected chi connectivity index (χ0v) is 5.56. The second-order valence-corrected chi connectivity index (χ2v) is 2.13. The van der Waals surface area contributed by atoms with E-state index in [1.165, 1.54) is 0 Å². The molecule has 8 heavy (non-hydrogen) atoms. The molecule has 0 aliphatic carbocycles. The third-order valence-electron chi connectivity index (χ3n) is 1.10. The Balaban J connectivity index is 3.51. The molecule has 1 radical (unpaired) electrons. The van der Waals surface area contributed by atoms with Crippen LogP contribution in [0, 0.1) is 5.92 Å². The van der Waals surface area contributed by atoms with E-state index in [2.05, 4.69) is 5.32 Å². The summed E-state index contributed by atoms with van der Waals surface area (Å²) >= 11 is 0. The van der Waals surface area contributed by atoms with Crippen LogP contribution >= 0.6 is 0 Å². The first-order valence-corrected chi connectivity index (χ1v) is 2.77. The molecule has 0 aliphatic heterocycles. The Kier molecular flexibility index (Phi) is 3.44. The van der Waals surface area contributed by atoms with E-state index in [-0.39, 0.29) is 6.04 Å². The highest BCUT2D eigenvalue weighted by Gasteiger charge is 2.08. The van der Waals surface area contributed by atoms with Crippen molar-refractivity contribution in [3.63, 3.8) is 0 Å². The zero-order valence-electron chi connectivity index (χ0n) is 5.56. The number of hydrogen-bond donors (Lipinski definition) is 1. The van der Waals surface area contributed by atoms with Gasteiger partial charge in [0.1, 0.15) is 0 Å². The smallest absolute Gasteiger partial charge is 0.217 e. The third kappa shape index (κ3) is 2.07. The molecule has 47 valence electrons. The lowest BCUT2D eigenvalue weighted by molar-refractivity contribution is 0.471. The minimum absolute atomic E-state index is 0.102. The van der Waals surface area contributed by atoms with Crippen molar-refractivity contribution < 1.29 is 4.79 Å². The largest absolute Gasteiger partial charge is 0.310 e. The summed E-state index contributed by atoms with van der Waals surface area (Å²) in [6.45, 7) is 3.96. The van der Waals surface area contributed by atoms with E-state index in [0.29, 0.717) is 5.92 Å². The molecule has 0 rings (SSSR count). The van der Waals surface area contributed by atoms with Gasteiger partial charge in [-0.05, 0) is 13.0 Å². The number of carbonyl (C=O) groups excluding carboxylic acids is 1. The molecule has 0 aliphatic rings. The first-order valence-electron chi connectivity index (χ1n) is 2.77. The zero-order chi connectivity index (χ0) is 6.57. The van der Waals surface area contributed by atoms with Gasteiger partial charge in [-0.15, -0.1) is 0 Å². The van der Waals surface area contributed by atoms with Crippen molar-refractivity contribution in [2.75, 3.05) is 7.05 Å². The lowest BCUT2D eigenvalue weighted by Gasteiger charge is -2.10. The molecule has 1 N–H and O–H groups in total. The monoisotopic (exact) mass is 114 g/mol. The summed E-state index contributed by atoms with van der Waals surface area (Å²) in [6.07, 6.45) is 1.89. The molecular weight excluding hydrogens is 102 g/mol. The van der Waals surface area contributed by atoms with Crippen molar-refractivity contribution in [3.8, 4) is 0 Å². The Labute approximate surface area is 50.3 Å². The first kappa shape index (κ1) is 7.63. The topological polar surface area (TPSA) is 29.1 Å². The molecule has 0 unspecified atom stereocenters. The van der Waals surface area contributed by atoms with Gasteiger partial charge in [-0.3, -0.25) is 4.79 Å². The molecule has 0 amide bonds. The molecule has 0 saturated heterocycles. The Bertz CT molecular complexity index is 70.9. The van der Waals surface area contributed by atoms with Crippen LogP contribution in [0.4, 0.5) is 0 Å². The van der Waals surface area contributed by atoms with Crippen molar-refractivity contribution in [2.24, 2.45) is 5.92 Å². The maximum Gasteiger partial charge on any atom is 0.217 e. The lowest BCUT2D eigenvalue weighted by atomic mass is 10.1. The van der Waals surface area contributed by atoms with Gasteiger partial charge in [0.15, 0.2) is 0 Å². The minimum atomic E-state index is -0.102. The van der Waals surface area contributed by atoms with Crippen molar-refractivity contribution in [2.45, 2.75) is 19.9 Å². The summed E-state index contributed by atoms with van der Waals surface area (Å²) in [5.74, 6) is 0.345. The maximum absolute atomic E-state index is 9.99. The van der Waals surface area contributed by atoms with Gasteiger partial charge in [-0.2, -0.15) is 0 Å². The number of rotatable bonds is 3.